The monoisotopic (exact) mass is 284 g/mol. The Morgan fingerprint density at radius 2 is 1.95 bits per heavy atom. The molecule has 0 aromatic carbocycles. The van der Waals surface area contributed by atoms with Crippen LogP contribution in [0.25, 0.3) is 5.70 Å². The largest absolute Gasteiger partial charge is 0.315 e. The van der Waals surface area contributed by atoms with Gasteiger partial charge in [-0.3, -0.25) is 10.3 Å². The number of fused-ring (bicyclic) bond motifs is 5. The molecule has 6 heteroatoms. The van der Waals surface area contributed by atoms with Gasteiger partial charge in [0.15, 0.2) is 5.84 Å². The minimum Gasteiger partial charge on any atom is -0.315 e. The number of aromatic nitrogens is 1. The first-order valence-corrected chi connectivity index (χ1v) is 7.19. The molecule has 3 aliphatic rings. The highest BCUT2D eigenvalue weighted by atomic mass is 15.6. The van der Waals surface area contributed by atoms with Crippen LogP contribution in [0.1, 0.15) is 33.4 Å². The first kappa shape index (κ1) is 12.5. The summed E-state index contributed by atoms with van der Waals surface area (Å²) in [5.41, 5.74) is 11.6. The van der Waals surface area contributed by atoms with E-state index in [9.17, 15) is 0 Å². The maximum Gasteiger partial charge on any atom is 0.179 e. The van der Waals surface area contributed by atoms with Crippen LogP contribution in [0.5, 0.6) is 0 Å². The van der Waals surface area contributed by atoms with Crippen LogP contribution in [0.4, 0.5) is 0 Å². The molecule has 0 spiro atoms. The van der Waals surface area contributed by atoms with Crippen LogP contribution >= 0.6 is 0 Å². The van der Waals surface area contributed by atoms with Gasteiger partial charge >= 0.3 is 0 Å². The minimum absolute atomic E-state index is 0.223. The predicted octanol–water partition coefficient (Wildman–Crippen LogP) is 1.48. The summed E-state index contributed by atoms with van der Waals surface area (Å²) in [6, 6.07) is 4.21. The summed E-state index contributed by atoms with van der Waals surface area (Å²) >= 11 is 0. The molecule has 3 N–H and O–H groups in total. The van der Waals surface area contributed by atoms with Gasteiger partial charge in [0.1, 0.15) is 11.5 Å². The Bertz CT molecular complexity index is 704. The lowest BCUT2D eigenvalue weighted by Gasteiger charge is -2.34. The van der Waals surface area contributed by atoms with Crippen LogP contribution in [0.15, 0.2) is 41.4 Å². The molecule has 4 heterocycles. The number of nitrogens with one attached hydrogen (secondary N) is 3. The second-order valence-electron chi connectivity index (χ2n) is 6.68. The van der Waals surface area contributed by atoms with E-state index in [1.54, 1.807) is 0 Å². The van der Waals surface area contributed by atoms with Crippen LogP contribution in [0.3, 0.4) is 0 Å². The molecule has 3 aliphatic heterocycles. The van der Waals surface area contributed by atoms with E-state index >= 15 is 0 Å². The van der Waals surface area contributed by atoms with Crippen LogP contribution in [-0.2, 0) is 5.54 Å². The third-order valence-corrected chi connectivity index (χ3v) is 4.23. The van der Waals surface area contributed by atoms with Crippen LogP contribution in [-0.4, -0.2) is 21.0 Å². The lowest BCUT2D eigenvalue weighted by Crippen LogP contribution is -2.50. The highest BCUT2D eigenvalue weighted by Crippen LogP contribution is 2.34. The zero-order valence-electron chi connectivity index (χ0n) is 12.7. The lowest BCUT2D eigenvalue weighted by atomic mass is 10.0. The van der Waals surface area contributed by atoms with E-state index in [-0.39, 0.29) is 11.2 Å². The molecule has 0 bridgehead atoms. The van der Waals surface area contributed by atoms with Crippen LogP contribution in [0, 0.1) is 0 Å². The SMILES string of the molecule is CC1(C)NN=C2C(=CC=C3NNC(C)(C)N32)n2cccc21. The zero-order valence-corrected chi connectivity index (χ0v) is 12.7. The highest BCUT2D eigenvalue weighted by molar-refractivity contribution is 6.19. The van der Waals surface area contributed by atoms with Crippen molar-refractivity contribution in [2.45, 2.75) is 38.9 Å². The minimum atomic E-state index is -0.242. The summed E-state index contributed by atoms with van der Waals surface area (Å²) in [4.78, 5) is 2.18. The zero-order chi connectivity index (χ0) is 14.8. The summed E-state index contributed by atoms with van der Waals surface area (Å²) in [6.07, 6.45) is 6.28. The van der Waals surface area contributed by atoms with E-state index in [2.05, 4.69) is 83.9 Å². The topological polar surface area (TPSA) is 56.6 Å². The number of amidine groups is 1. The van der Waals surface area contributed by atoms with Crippen molar-refractivity contribution in [2.75, 3.05) is 0 Å². The molecular weight excluding hydrogens is 264 g/mol. The van der Waals surface area contributed by atoms with E-state index in [4.69, 9.17) is 5.10 Å². The number of hydrogen-bond acceptors (Lipinski definition) is 5. The second kappa shape index (κ2) is 3.71. The van der Waals surface area contributed by atoms with Gasteiger partial charge in [0, 0.05) is 11.9 Å². The van der Waals surface area contributed by atoms with E-state index < -0.39 is 0 Å². The number of hydrazine groups is 1. The summed E-state index contributed by atoms with van der Waals surface area (Å²) in [6.45, 7) is 8.53. The molecule has 0 amide bonds. The number of hydrazone groups is 1. The van der Waals surface area contributed by atoms with Gasteiger partial charge in [0.2, 0.25) is 0 Å². The Morgan fingerprint density at radius 3 is 2.76 bits per heavy atom. The fourth-order valence-corrected chi connectivity index (χ4v) is 3.12. The van der Waals surface area contributed by atoms with E-state index in [1.807, 2.05) is 0 Å². The van der Waals surface area contributed by atoms with Crippen molar-refractivity contribution in [1.82, 2.24) is 25.7 Å². The van der Waals surface area contributed by atoms with Gasteiger partial charge in [-0.1, -0.05) is 0 Å². The molecule has 1 saturated heterocycles. The Morgan fingerprint density at radius 1 is 1.14 bits per heavy atom. The van der Waals surface area contributed by atoms with Gasteiger partial charge in [-0.05, 0) is 52.0 Å². The van der Waals surface area contributed by atoms with Crippen molar-refractivity contribution < 1.29 is 0 Å². The molecule has 4 rings (SSSR count). The van der Waals surface area contributed by atoms with Crippen molar-refractivity contribution >= 4 is 11.5 Å². The average Bonchev–Trinajstić information content (AvgIpc) is 2.99. The predicted molar refractivity (Wildman–Crippen MR) is 82.6 cm³/mol. The van der Waals surface area contributed by atoms with E-state index in [1.165, 1.54) is 5.69 Å². The summed E-state index contributed by atoms with van der Waals surface area (Å²) in [5, 5.41) is 4.71. The van der Waals surface area contributed by atoms with Crippen molar-refractivity contribution in [2.24, 2.45) is 5.10 Å². The summed E-state index contributed by atoms with van der Waals surface area (Å²) in [7, 11) is 0. The number of nitrogens with zero attached hydrogens (tertiary/aromatic N) is 3. The molecule has 0 saturated carbocycles. The Kier molecular flexibility index (Phi) is 2.21. The standard InChI is InChI=1S/C15H20N6/c1-14(2)11-6-5-9-20(11)10-7-8-12-16-19-15(3,4)21(12)13(10)17-18-14/h5-9,16,18-19H,1-4H3. The normalized spacial score (nSPS) is 24.4. The fourth-order valence-electron chi connectivity index (χ4n) is 3.12. The van der Waals surface area contributed by atoms with Gasteiger partial charge in [0.05, 0.1) is 11.2 Å². The summed E-state index contributed by atoms with van der Waals surface area (Å²) < 4.78 is 2.21. The molecule has 0 atom stereocenters. The quantitative estimate of drug-likeness (QED) is 0.675. The van der Waals surface area contributed by atoms with Gasteiger partial charge in [-0.25, -0.2) is 5.43 Å². The fraction of sp³-hybridized carbons (Fsp3) is 0.400. The number of allylic oxidation sites excluding steroid dienone is 2. The van der Waals surface area contributed by atoms with Gasteiger partial charge in [0.25, 0.3) is 0 Å². The first-order chi connectivity index (χ1) is 9.90. The molecule has 6 nitrogen and oxygen atoms in total. The van der Waals surface area contributed by atoms with E-state index in [0.29, 0.717) is 0 Å². The van der Waals surface area contributed by atoms with Crippen molar-refractivity contribution in [1.29, 1.82) is 0 Å². The maximum absolute atomic E-state index is 4.71. The molecule has 1 fully saturated rings. The molecule has 0 aliphatic carbocycles. The molecule has 110 valence electrons. The van der Waals surface area contributed by atoms with Crippen LogP contribution < -0.4 is 16.3 Å². The van der Waals surface area contributed by atoms with E-state index in [0.717, 1.165) is 17.4 Å². The highest BCUT2D eigenvalue weighted by Gasteiger charge is 2.42. The second-order valence-corrected chi connectivity index (χ2v) is 6.68. The summed E-state index contributed by atoms with van der Waals surface area (Å²) in [5.74, 6) is 1.93. The first-order valence-electron chi connectivity index (χ1n) is 7.19. The number of rotatable bonds is 0. The molecule has 0 unspecified atom stereocenters. The molecular formula is C15H20N6. The molecule has 21 heavy (non-hydrogen) atoms. The Hall–Kier alpha value is -2.21. The van der Waals surface area contributed by atoms with Gasteiger partial charge in [-0.2, -0.15) is 5.10 Å². The maximum atomic E-state index is 4.71. The van der Waals surface area contributed by atoms with Crippen molar-refractivity contribution in [3.8, 4) is 0 Å². The van der Waals surface area contributed by atoms with Crippen LogP contribution in [0.2, 0.25) is 0 Å². The van der Waals surface area contributed by atoms with Crippen molar-refractivity contribution in [3.05, 3.63) is 42.0 Å². The van der Waals surface area contributed by atoms with Gasteiger partial charge in [-0.15, -0.1) is 0 Å². The third kappa shape index (κ3) is 1.59. The molecule has 0 radical (unpaired) electrons. The lowest BCUT2D eigenvalue weighted by molar-refractivity contribution is 0.269. The van der Waals surface area contributed by atoms with Crippen molar-refractivity contribution in [3.63, 3.8) is 0 Å². The average molecular weight is 284 g/mol. The molecule has 1 aromatic heterocycles. The number of hydrogen-bond donors (Lipinski definition) is 3. The molecule has 1 aromatic rings. The Balaban J connectivity index is 1.93. The third-order valence-electron chi connectivity index (χ3n) is 4.23. The van der Waals surface area contributed by atoms with Gasteiger partial charge < -0.3 is 9.99 Å². The Labute approximate surface area is 124 Å². The smallest absolute Gasteiger partial charge is 0.179 e.